The van der Waals surface area contributed by atoms with Gasteiger partial charge in [-0.1, -0.05) is 84.9 Å². The van der Waals surface area contributed by atoms with Crippen molar-refractivity contribution in [3.8, 4) is 22.3 Å². The molecule has 5 nitrogen and oxygen atoms in total. The number of carboxylic acids is 1. The number of likely N-dealkylation sites (tertiary alicyclic amines) is 1. The van der Waals surface area contributed by atoms with E-state index in [1.807, 2.05) is 60.7 Å². The fourth-order valence-corrected chi connectivity index (χ4v) is 5.64. The zero-order valence-electron chi connectivity index (χ0n) is 21.5. The van der Waals surface area contributed by atoms with Gasteiger partial charge in [-0.25, -0.2) is 0 Å². The molecule has 6 rings (SSSR count). The molecule has 4 aromatic carbocycles. The number of carbonyl (C=O) groups is 2. The average molecular weight is 516 g/mol. The number of benzene rings is 4. The van der Waals surface area contributed by atoms with E-state index < -0.39 is 5.97 Å². The molecule has 1 saturated heterocycles. The molecule has 194 valence electrons. The fourth-order valence-electron chi connectivity index (χ4n) is 5.64. The monoisotopic (exact) mass is 515 g/mol. The molecule has 0 aliphatic carbocycles. The summed E-state index contributed by atoms with van der Waals surface area (Å²) >= 11 is 0. The van der Waals surface area contributed by atoms with Crippen molar-refractivity contribution in [3.05, 3.63) is 120 Å². The van der Waals surface area contributed by atoms with Crippen molar-refractivity contribution in [3.63, 3.8) is 0 Å². The number of carboxylic acid groups (broad SMARTS) is 1. The largest absolute Gasteiger partial charge is 0.481 e. The second-order valence-corrected chi connectivity index (χ2v) is 10.1. The Bertz CT molecular complexity index is 1620. The van der Waals surface area contributed by atoms with E-state index in [0.29, 0.717) is 18.5 Å². The van der Waals surface area contributed by atoms with Crippen LogP contribution in [0.3, 0.4) is 0 Å². The van der Waals surface area contributed by atoms with Crippen molar-refractivity contribution >= 4 is 22.8 Å². The molecule has 5 aromatic rings. The SMILES string of the molecule is O=C(O)CC1CCCN1C(=O)c1ccc(-c2ccc(-c3c(Cc4ccccc4)oc4ccccc34)cc2)cc1. The molecule has 1 aliphatic rings. The topological polar surface area (TPSA) is 70.8 Å². The Hall–Kier alpha value is -4.64. The van der Waals surface area contributed by atoms with Gasteiger partial charge in [0.2, 0.25) is 0 Å². The van der Waals surface area contributed by atoms with Crippen LogP contribution in [0.25, 0.3) is 33.2 Å². The first kappa shape index (κ1) is 24.7. The molecular formula is C34H29NO4. The summed E-state index contributed by atoms with van der Waals surface area (Å²) in [5.74, 6) is -0.0198. The van der Waals surface area contributed by atoms with E-state index in [1.165, 1.54) is 5.56 Å². The van der Waals surface area contributed by atoms with Gasteiger partial charge in [-0.3, -0.25) is 9.59 Å². The maximum Gasteiger partial charge on any atom is 0.305 e. The van der Waals surface area contributed by atoms with Gasteiger partial charge in [0.15, 0.2) is 0 Å². The number of hydrogen-bond acceptors (Lipinski definition) is 3. The van der Waals surface area contributed by atoms with Crippen LogP contribution in [0.2, 0.25) is 0 Å². The summed E-state index contributed by atoms with van der Waals surface area (Å²) in [6.45, 7) is 0.606. The minimum Gasteiger partial charge on any atom is -0.481 e. The number of hydrogen-bond donors (Lipinski definition) is 1. The maximum atomic E-state index is 13.1. The van der Waals surface area contributed by atoms with E-state index >= 15 is 0 Å². The summed E-state index contributed by atoms with van der Waals surface area (Å²) in [5, 5.41) is 10.3. The minimum atomic E-state index is -0.867. The van der Waals surface area contributed by atoms with Crippen LogP contribution < -0.4 is 0 Å². The summed E-state index contributed by atoms with van der Waals surface area (Å²) in [7, 11) is 0. The van der Waals surface area contributed by atoms with Gasteiger partial charge in [0, 0.05) is 35.5 Å². The molecule has 0 spiro atoms. The van der Waals surface area contributed by atoms with Crippen LogP contribution in [0, 0.1) is 0 Å². The molecule has 1 amide bonds. The van der Waals surface area contributed by atoms with E-state index in [4.69, 9.17) is 4.42 Å². The molecule has 1 unspecified atom stereocenters. The molecule has 1 N–H and O–H groups in total. The third-order valence-corrected chi connectivity index (χ3v) is 7.56. The summed E-state index contributed by atoms with van der Waals surface area (Å²) < 4.78 is 6.31. The molecule has 0 radical (unpaired) electrons. The summed E-state index contributed by atoms with van der Waals surface area (Å²) in [4.78, 5) is 25.9. The number of nitrogens with zero attached hydrogens (tertiary/aromatic N) is 1. The van der Waals surface area contributed by atoms with Gasteiger partial charge in [0.1, 0.15) is 11.3 Å². The predicted octanol–water partition coefficient (Wildman–Crippen LogP) is 7.44. The van der Waals surface area contributed by atoms with Gasteiger partial charge in [0.25, 0.3) is 5.91 Å². The third-order valence-electron chi connectivity index (χ3n) is 7.56. The van der Waals surface area contributed by atoms with Crippen molar-refractivity contribution < 1.29 is 19.1 Å². The first-order chi connectivity index (χ1) is 19.1. The van der Waals surface area contributed by atoms with Gasteiger partial charge < -0.3 is 14.4 Å². The van der Waals surface area contributed by atoms with Crippen LogP contribution in [0.15, 0.2) is 108 Å². The number of furan rings is 1. The molecule has 39 heavy (non-hydrogen) atoms. The Balaban J connectivity index is 1.25. The molecule has 0 bridgehead atoms. The predicted molar refractivity (Wildman–Crippen MR) is 153 cm³/mol. The number of para-hydroxylation sites is 1. The van der Waals surface area contributed by atoms with Crippen molar-refractivity contribution in [2.24, 2.45) is 0 Å². The molecular weight excluding hydrogens is 486 g/mol. The normalized spacial score (nSPS) is 15.1. The van der Waals surface area contributed by atoms with Crippen LogP contribution in [0.5, 0.6) is 0 Å². The van der Waals surface area contributed by atoms with E-state index in [2.05, 4.69) is 42.5 Å². The zero-order valence-corrected chi connectivity index (χ0v) is 21.5. The van der Waals surface area contributed by atoms with E-state index in [9.17, 15) is 14.7 Å². The fraction of sp³-hybridized carbons (Fsp3) is 0.176. The first-order valence-corrected chi connectivity index (χ1v) is 13.3. The van der Waals surface area contributed by atoms with Crippen molar-refractivity contribution in [2.45, 2.75) is 31.7 Å². The third kappa shape index (κ3) is 5.08. The van der Waals surface area contributed by atoms with Crippen molar-refractivity contribution in [1.82, 2.24) is 4.90 Å². The maximum absolute atomic E-state index is 13.1. The summed E-state index contributed by atoms with van der Waals surface area (Å²) in [6.07, 6.45) is 2.29. The Morgan fingerprint density at radius 3 is 2.15 bits per heavy atom. The van der Waals surface area contributed by atoms with E-state index in [0.717, 1.165) is 51.8 Å². The second kappa shape index (κ2) is 10.6. The Labute approximate surface area is 227 Å². The molecule has 1 aromatic heterocycles. The van der Waals surface area contributed by atoms with Crippen LogP contribution in [-0.4, -0.2) is 34.5 Å². The first-order valence-electron chi connectivity index (χ1n) is 13.3. The highest BCUT2D eigenvalue weighted by atomic mass is 16.4. The van der Waals surface area contributed by atoms with E-state index in [-0.39, 0.29) is 18.4 Å². The highest BCUT2D eigenvalue weighted by Gasteiger charge is 2.30. The lowest BCUT2D eigenvalue weighted by Crippen LogP contribution is -2.36. The lowest BCUT2D eigenvalue weighted by atomic mass is 9.96. The Morgan fingerprint density at radius 1 is 0.795 bits per heavy atom. The molecule has 5 heteroatoms. The van der Waals surface area contributed by atoms with Crippen LogP contribution in [-0.2, 0) is 11.2 Å². The number of carbonyl (C=O) groups excluding carboxylic acids is 1. The zero-order chi connectivity index (χ0) is 26.8. The quantitative estimate of drug-likeness (QED) is 0.245. The Morgan fingerprint density at radius 2 is 1.44 bits per heavy atom. The number of aliphatic carboxylic acids is 1. The summed E-state index contributed by atoms with van der Waals surface area (Å²) in [6, 6.07) is 34.3. The minimum absolute atomic E-state index is 0.00478. The lowest BCUT2D eigenvalue weighted by molar-refractivity contribution is -0.137. The second-order valence-electron chi connectivity index (χ2n) is 10.1. The average Bonchev–Trinajstić information content (AvgIpc) is 3.57. The highest BCUT2D eigenvalue weighted by molar-refractivity contribution is 5.97. The van der Waals surface area contributed by atoms with Crippen molar-refractivity contribution in [2.75, 3.05) is 6.54 Å². The smallest absolute Gasteiger partial charge is 0.305 e. The van der Waals surface area contributed by atoms with Gasteiger partial charge in [-0.05, 0) is 53.3 Å². The Kier molecular flexibility index (Phi) is 6.72. The molecule has 0 saturated carbocycles. The highest BCUT2D eigenvalue weighted by Crippen LogP contribution is 2.37. The number of amides is 1. The lowest BCUT2D eigenvalue weighted by Gasteiger charge is -2.23. The standard InChI is InChI=1S/C34H29NO4/c36-32(37)22-28-9-6-20-35(28)34(38)27-18-14-25(15-19-27)24-12-16-26(17-13-24)33-29-10-4-5-11-30(29)39-31(33)21-23-7-2-1-3-8-23/h1-5,7-8,10-19,28H,6,9,20-22H2,(H,36,37). The van der Waals surface area contributed by atoms with Gasteiger partial charge in [0.05, 0.1) is 6.42 Å². The van der Waals surface area contributed by atoms with Crippen LogP contribution in [0.4, 0.5) is 0 Å². The van der Waals surface area contributed by atoms with Crippen LogP contribution >= 0.6 is 0 Å². The molecule has 1 fully saturated rings. The van der Waals surface area contributed by atoms with E-state index in [1.54, 1.807) is 4.90 Å². The van der Waals surface area contributed by atoms with Crippen molar-refractivity contribution in [1.29, 1.82) is 0 Å². The number of fused-ring (bicyclic) bond motifs is 1. The van der Waals surface area contributed by atoms with Crippen LogP contribution in [0.1, 0.15) is 40.9 Å². The molecule has 1 atom stereocenters. The summed E-state index contributed by atoms with van der Waals surface area (Å²) in [5.41, 5.74) is 6.95. The van der Waals surface area contributed by atoms with Gasteiger partial charge in [-0.15, -0.1) is 0 Å². The van der Waals surface area contributed by atoms with Gasteiger partial charge >= 0.3 is 5.97 Å². The molecule has 2 heterocycles. The van der Waals surface area contributed by atoms with Gasteiger partial charge in [-0.2, -0.15) is 0 Å². The number of rotatable bonds is 7. The molecule has 1 aliphatic heterocycles.